The van der Waals surface area contributed by atoms with Gasteiger partial charge in [-0.2, -0.15) is 0 Å². The standard InChI is InChI=1S/C12H16IN3O2/c13-11-8-10(16(17)18)3-4-12(11)15-7-5-9-2-1-6-14-9/h3-4,8-9,14-15H,1-2,5-7H2/t9-/m1/s1. The van der Waals surface area contributed by atoms with E-state index in [1.165, 1.54) is 18.9 Å². The van der Waals surface area contributed by atoms with Crippen LogP contribution >= 0.6 is 22.6 Å². The fourth-order valence-corrected chi connectivity index (χ4v) is 2.83. The minimum Gasteiger partial charge on any atom is -0.384 e. The molecule has 0 radical (unpaired) electrons. The van der Waals surface area contributed by atoms with Crippen molar-refractivity contribution in [3.63, 3.8) is 0 Å². The highest BCUT2D eigenvalue weighted by Crippen LogP contribution is 2.23. The Morgan fingerprint density at radius 2 is 2.39 bits per heavy atom. The maximum absolute atomic E-state index is 10.6. The molecule has 1 aliphatic rings. The molecule has 98 valence electrons. The van der Waals surface area contributed by atoms with E-state index in [0.29, 0.717) is 6.04 Å². The van der Waals surface area contributed by atoms with Crippen LogP contribution in [0.15, 0.2) is 18.2 Å². The van der Waals surface area contributed by atoms with Gasteiger partial charge in [0.25, 0.3) is 5.69 Å². The van der Waals surface area contributed by atoms with Gasteiger partial charge in [0.15, 0.2) is 0 Å². The van der Waals surface area contributed by atoms with Crippen molar-refractivity contribution in [2.24, 2.45) is 0 Å². The van der Waals surface area contributed by atoms with Crippen LogP contribution in [0.1, 0.15) is 19.3 Å². The summed E-state index contributed by atoms with van der Waals surface area (Å²) in [5.41, 5.74) is 1.11. The summed E-state index contributed by atoms with van der Waals surface area (Å²) < 4.78 is 0.890. The summed E-state index contributed by atoms with van der Waals surface area (Å²) in [5, 5.41) is 17.4. The van der Waals surface area contributed by atoms with E-state index in [4.69, 9.17) is 0 Å². The van der Waals surface area contributed by atoms with Gasteiger partial charge in [0.1, 0.15) is 0 Å². The fourth-order valence-electron chi connectivity index (χ4n) is 2.15. The van der Waals surface area contributed by atoms with Crippen molar-refractivity contribution < 1.29 is 4.92 Å². The molecule has 0 saturated carbocycles. The predicted molar refractivity (Wildman–Crippen MR) is 79.9 cm³/mol. The lowest BCUT2D eigenvalue weighted by Crippen LogP contribution is -2.24. The van der Waals surface area contributed by atoms with Crippen LogP contribution in [0.5, 0.6) is 0 Å². The van der Waals surface area contributed by atoms with Crippen molar-refractivity contribution >= 4 is 34.0 Å². The molecule has 0 aliphatic carbocycles. The minimum atomic E-state index is -0.367. The quantitative estimate of drug-likeness (QED) is 0.481. The van der Waals surface area contributed by atoms with Crippen LogP contribution in [0.25, 0.3) is 0 Å². The van der Waals surface area contributed by atoms with Crippen LogP contribution in [0.4, 0.5) is 11.4 Å². The SMILES string of the molecule is O=[N+]([O-])c1ccc(NCC[C@H]2CCCN2)c(I)c1. The van der Waals surface area contributed by atoms with E-state index in [0.717, 1.165) is 28.8 Å². The van der Waals surface area contributed by atoms with Gasteiger partial charge in [0, 0.05) is 34.0 Å². The van der Waals surface area contributed by atoms with E-state index in [-0.39, 0.29) is 10.6 Å². The first-order valence-corrected chi connectivity index (χ1v) is 7.16. The van der Waals surface area contributed by atoms with Crippen LogP contribution in [0.3, 0.4) is 0 Å². The molecule has 1 fully saturated rings. The summed E-state index contributed by atoms with van der Waals surface area (Å²) in [6, 6.07) is 5.53. The molecule has 2 rings (SSSR count). The van der Waals surface area contributed by atoms with Gasteiger partial charge < -0.3 is 10.6 Å². The van der Waals surface area contributed by atoms with Crippen LogP contribution in [0.2, 0.25) is 0 Å². The molecule has 2 N–H and O–H groups in total. The molecule has 1 atom stereocenters. The Hall–Kier alpha value is -0.890. The second-order valence-corrected chi connectivity index (χ2v) is 5.59. The second kappa shape index (κ2) is 6.33. The van der Waals surface area contributed by atoms with Crippen molar-refractivity contribution in [3.05, 3.63) is 31.9 Å². The summed E-state index contributed by atoms with van der Waals surface area (Å²) in [4.78, 5) is 10.3. The zero-order chi connectivity index (χ0) is 13.0. The van der Waals surface area contributed by atoms with E-state index in [9.17, 15) is 10.1 Å². The third-order valence-corrected chi connectivity index (χ3v) is 4.03. The van der Waals surface area contributed by atoms with Crippen molar-refractivity contribution in [1.29, 1.82) is 0 Å². The minimum absolute atomic E-state index is 0.141. The molecular formula is C12H16IN3O2. The summed E-state index contributed by atoms with van der Waals surface area (Å²) in [5.74, 6) is 0. The molecule has 0 unspecified atom stereocenters. The Kier molecular flexibility index (Phi) is 4.76. The molecule has 0 amide bonds. The highest BCUT2D eigenvalue weighted by Gasteiger charge is 2.13. The van der Waals surface area contributed by atoms with Gasteiger partial charge in [-0.25, -0.2) is 0 Å². The third kappa shape index (κ3) is 3.55. The van der Waals surface area contributed by atoms with Crippen LogP contribution < -0.4 is 10.6 Å². The number of benzene rings is 1. The van der Waals surface area contributed by atoms with Crippen molar-refractivity contribution in [2.75, 3.05) is 18.4 Å². The van der Waals surface area contributed by atoms with Crippen molar-refractivity contribution in [1.82, 2.24) is 5.32 Å². The number of hydrogen-bond acceptors (Lipinski definition) is 4. The molecule has 6 heteroatoms. The first kappa shape index (κ1) is 13.5. The number of hydrogen-bond donors (Lipinski definition) is 2. The lowest BCUT2D eigenvalue weighted by Gasteiger charge is -2.12. The van der Waals surface area contributed by atoms with Crippen LogP contribution in [0, 0.1) is 13.7 Å². The van der Waals surface area contributed by atoms with Gasteiger partial charge in [-0.3, -0.25) is 10.1 Å². The average Bonchev–Trinajstić information content (AvgIpc) is 2.84. The van der Waals surface area contributed by atoms with E-state index in [1.54, 1.807) is 12.1 Å². The first-order chi connectivity index (χ1) is 8.66. The summed E-state index contributed by atoms with van der Waals surface area (Å²) in [7, 11) is 0. The predicted octanol–water partition coefficient (Wildman–Crippen LogP) is 2.75. The number of non-ortho nitro benzene ring substituents is 1. The number of nitro groups is 1. The molecule has 1 aromatic carbocycles. The topological polar surface area (TPSA) is 67.2 Å². The molecule has 1 aromatic rings. The van der Waals surface area contributed by atoms with Gasteiger partial charge in [-0.05, 0) is 54.5 Å². The third-order valence-electron chi connectivity index (χ3n) is 3.13. The van der Waals surface area contributed by atoms with E-state index >= 15 is 0 Å². The van der Waals surface area contributed by atoms with Crippen molar-refractivity contribution in [2.45, 2.75) is 25.3 Å². The molecule has 0 aromatic heterocycles. The van der Waals surface area contributed by atoms with E-state index in [2.05, 4.69) is 33.2 Å². The van der Waals surface area contributed by atoms with Gasteiger partial charge >= 0.3 is 0 Å². The molecule has 5 nitrogen and oxygen atoms in total. The summed E-state index contributed by atoms with van der Waals surface area (Å²) >= 11 is 2.12. The smallest absolute Gasteiger partial charge is 0.270 e. The molecule has 1 aliphatic heterocycles. The zero-order valence-corrected chi connectivity index (χ0v) is 12.1. The van der Waals surface area contributed by atoms with Gasteiger partial charge in [0.05, 0.1) is 4.92 Å². The van der Waals surface area contributed by atoms with Crippen LogP contribution in [-0.2, 0) is 0 Å². The maximum atomic E-state index is 10.6. The second-order valence-electron chi connectivity index (χ2n) is 4.43. The van der Waals surface area contributed by atoms with Gasteiger partial charge in [-0.1, -0.05) is 0 Å². The maximum Gasteiger partial charge on any atom is 0.270 e. The lowest BCUT2D eigenvalue weighted by molar-refractivity contribution is -0.384. The Morgan fingerprint density at radius 3 is 3.00 bits per heavy atom. The Labute approximate surface area is 120 Å². The first-order valence-electron chi connectivity index (χ1n) is 6.08. The highest BCUT2D eigenvalue weighted by molar-refractivity contribution is 14.1. The largest absolute Gasteiger partial charge is 0.384 e. The number of nitrogens with zero attached hydrogens (tertiary/aromatic N) is 1. The summed E-state index contributed by atoms with van der Waals surface area (Å²) in [6.45, 7) is 2.02. The molecule has 18 heavy (non-hydrogen) atoms. The molecule has 0 spiro atoms. The molecule has 0 bridgehead atoms. The number of anilines is 1. The van der Waals surface area contributed by atoms with Crippen molar-refractivity contribution in [3.8, 4) is 0 Å². The molecule has 1 saturated heterocycles. The van der Waals surface area contributed by atoms with Gasteiger partial charge in [0.2, 0.25) is 0 Å². The van der Waals surface area contributed by atoms with E-state index in [1.807, 2.05) is 0 Å². The van der Waals surface area contributed by atoms with Crippen LogP contribution in [-0.4, -0.2) is 24.1 Å². The average molecular weight is 361 g/mol. The molecule has 1 heterocycles. The number of rotatable bonds is 5. The fraction of sp³-hybridized carbons (Fsp3) is 0.500. The highest BCUT2D eigenvalue weighted by atomic mass is 127. The molecular weight excluding hydrogens is 345 g/mol. The zero-order valence-electron chi connectivity index (χ0n) is 9.99. The summed E-state index contributed by atoms with van der Waals surface area (Å²) in [6.07, 6.45) is 3.60. The lowest BCUT2D eigenvalue weighted by atomic mass is 10.1. The normalized spacial score (nSPS) is 18.8. The van der Waals surface area contributed by atoms with Gasteiger partial charge in [-0.15, -0.1) is 0 Å². The monoisotopic (exact) mass is 361 g/mol. The Balaban J connectivity index is 1.87. The number of halogens is 1. The Bertz CT molecular complexity index is 433. The Morgan fingerprint density at radius 1 is 1.56 bits per heavy atom. The van der Waals surface area contributed by atoms with E-state index < -0.39 is 0 Å². The number of nitro benzene ring substituents is 1. The number of nitrogens with one attached hydrogen (secondary N) is 2.